The van der Waals surface area contributed by atoms with Crippen LogP contribution in [-0.4, -0.2) is 46.1 Å². The van der Waals surface area contributed by atoms with Crippen molar-refractivity contribution in [2.24, 2.45) is 0 Å². The van der Waals surface area contributed by atoms with Crippen LogP contribution in [0.25, 0.3) is 0 Å². The highest BCUT2D eigenvalue weighted by Crippen LogP contribution is 2.20. The summed E-state index contributed by atoms with van der Waals surface area (Å²) in [7, 11) is 0. The standard InChI is InChI=1S/C13H22N4OS/c1-3-5-11-12(19-16-15-11)13(18)17(4-2)10-6-8-14-9-7-10/h10,14H,3-9H2,1-2H3. The summed E-state index contributed by atoms with van der Waals surface area (Å²) in [6.07, 6.45) is 3.90. The first-order valence-electron chi connectivity index (χ1n) is 7.10. The summed E-state index contributed by atoms with van der Waals surface area (Å²) in [4.78, 5) is 15.4. The van der Waals surface area contributed by atoms with Gasteiger partial charge in [-0.05, 0) is 50.8 Å². The van der Waals surface area contributed by atoms with Crippen molar-refractivity contribution in [3.8, 4) is 0 Å². The summed E-state index contributed by atoms with van der Waals surface area (Å²) in [5, 5.41) is 7.44. The van der Waals surface area contributed by atoms with Gasteiger partial charge in [0.25, 0.3) is 5.91 Å². The Labute approximate surface area is 118 Å². The van der Waals surface area contributed by atoms with Gasteiger partial charge in [0.05, 0.1) is 5.69 Å². The number of aryl methyl sites for hydroxylation is 1. The Morgan fingerprint density at radius 3 is 2.79 bits per heavy atom. The first-order chi connectivity index (χ1) is 9.27. The Balaban J connectivity index is 2.12. The summed E-state index contributed by atoms with van der Waals surface area (Å²) in [5.74, 6) is 0.118. The molecule has 2 rings (SSSR count). The van der Waals surface area contributed by atoms with Crippen LogP contribution in [-0.2, 0) is 6.42 Å². The van der Waals surface area contributed by atoms with Gasteiger partial charge in [-0.3, -0.25) is 4.79 Å². The number of rotatable bonds is 5. The van der Waals surface area contributed by atoms with Crippen molar-refractivity contribution in [2.45, 2.75) is 45.6 Å². The van der Waals surface area contributed by atoms with Crippen molar-refractivity contribution >= 4 is 17.4 Å². The predicted octanol–water partition coefficient (Wildman–Crippen LogP) is 1.70. The maximum atomic E-state index is 12.7. The second kappa shape index (κ2) is 6.96. The second-order valence-electron chi connectivity index (χ2n) is 4.87. The van der Waals surface area contributed by atoms with Crippen LogP contribution in [0.3, 0.4) is 0 Å². The monoisotopic (exact) mass is 282 g/mol. The molecule has 1 amide bonds. The molecule has 0 radical (unpaired) electrons. The van der Waals surface area contributed by atoms with Crippen LogP contribution in [0.4, 0.5) is 0 Å². The van der Waals surface area contributed by atoms with E-state index in [0.29, 0.717) is 6.04 Å². The minimum Gasteiger partial charge on any atom is -0.335 e. The Bertz CT molecular complexity index is 415. The molecule has 19 heavy (non-hydrogen) atoms. The van der Waals surface area contributed by atoms with E-state index in [-0.39, 0.29) is 5.91 Å². The second-order valence-corrected chi connectivity index (χ2v) is 5.63. The molecule has 1 aliphatic heterocycles. The van der Waals surface area contributed by atoms with E-state index in [9.17, 15) is 4.79 Å². The molecule has 5 nitrogen and oxygen atoms in total. The average Bonchev–Trinajstić information content (AvgIpc) is 2.89. The number of piperidine rings is 1. The van der Waals surface area contributed by atoms with Crippen molar-refractivity contribution in [3.05, 3.63) is 10.6 Å². The van der Waals surface area contributed by atoms with Crippen LogP contribution in [0.1, 0.15) is 48.5 Å². The molecule has 0 aromatic carbocycles. The van der Waals surface area contributed by atoms with Crippen molar-refractivity contribution < 1.29 is 4.79 Å². The molecule has 1 aromatic rings. The molecule has 1 N–H and O–H groups in total. The summed E-state index contributed by atoms with van der Waals surface area (Å²) in [6.45, 7) is 6.90. The number of amides is 1. The Morgan fingerprint density at radius 1 is 1.42 bits per heavy atom. The van der Waals surface area contributed by atoms with E-state index in [0.717, 1.165) is 55.9 Å². The molecule has 2 heterocycles. The molecule has 1 fully saturated rings. The smallest absolute Gasteiger partial charge is 0.267 e. The summed E-state index contributed by atoms with van der Waals surface area (Å²) < 4.78 is 3.96. The minimum absolute atomic E-state index is 0.118. The van der Waals surface area contributed by atoms with Gasteiger partial charge in [0.1, 0.15) is 4.88 Å². The highest BCUT2D eigenvalue weighted by Gasteiger charge is 2.27. The van der Waals surface area contributed by atoms with Crippen LogP contribution in [0.2, 0.25) is 0 Å². The minimum atomic E-state index is 0.118. The SMILES string of the molecule is CCCc1nnsc1C(=O)N(CC)C1CCNCC1. The first-order valence-corrected chi connectivity index (χ1v) is 7.88. The molecule has 0 saturated carbocycles. The molecule has 1 aromatic heterocycles. The summed E-state index contributed by atoms with van der Waals surface area (Å²) in [5.41, 5.74) is 0.866. The van der Waals surface area contributed by atoms with Gasteiger partial charge in [0, 0.05) is 12.6 Å². The van der Waals surface area contributed by atoms with Gasteiger partial charge in [-0.25, -0.2) is 0 Å². The lowest BCUT2D eigenvalue weighted by Gasteiger charge is -2.33. The normalized spacial score (nSPS) is 16.5. The van der Waals surface area contributed by atoms with Gasteiger partial charge in [0.2, 0.25) is 0 Å². The lowest BCUT2D eigenvalue weighted by molar-refractivity contribution is 0.0660. The quantitative estimate of drug-likeness (QED) is 0.893. The fraction of sp³-hybridized carbons (Fsp3) is 0.769. The Hall–Kier alpha value is -1.01. The molecule has 0 bridgehead atoms. The summed E-state index contributed by atoms with van der Waals surface area (Å²) in [6, 6.07) is 0.357. The number of hydrogen-bond acceptors (Lipinski definition) is 5. The van der Waals surface area contributed by atoms with Crippen LogP contribution in [0.15, 0.2) is 0 Å². The zero-order valence-electron chi connectivity index (χ0n) is 11.7. The average molecular weight is 282 g/mol. The predicted molar refractivity (Wildman–Crippen MR) is 76.5 cm³/mol. The van der Waals surface area contributed by atoms with E-state index in [1.54, 1.807) is 0 Å². The van der Waals surface area contributed by atoms with Gasteiger partial charge >= 0.3 is 0 Å². The molecule has 0 spiro atoms. The molecule has 1 aliphatic rings. The fourth-order valence-electron chi connectivity index (χ4n) is 2.59. The van der Waals surface area contributed by atoms with E-state index >= 15 is 0 Å². The van der Waals surface area contributed by atoms with Crippen LogP contribution < -0.4 is 5.32 Å². The maximum Gasteiger partial charge on any atom is 0.267 e. The fourth-order valence-corrected chi connectivity index (χ4v) is 3.25. The highest BCUT2D eigenvalue weighted by molar-refractivity contribution is 7.08. The van der Waals surface area contributed by atoms with E-state index in [4.69, 9.17) is 0 Å². The maximum absolute atomic E-state index is 12.7. The molecule has 106 valence electrons. The van der Waals surface area contributed by atoms with Gasteiger partial charge in [0.15, 0.2) is 0 Å². The number of hydrogen-bond donors (Lipinski definition) is 1. The van der Waals surface area contributed by atoms with E-state index in [2.05, 4.69) is 21.8 Å². The molecule has 0 atom stereocenters. The van der Waals surface area contributed by atoms with Crippen molar-refractivity contribution in [3.63, 3.8) is 0 Å². The Morgan fingerprint density at radius 2 is 2.16 bits per heavy atom. The van der Waals surface area contributed by atoms with Gasteiger partial charge in [-0.15, -0.1) is 5.10 Å². The zero-order valence-corrected chi connectivity index (χ0v) is 12.5. The molecule has 0 aliphatic carbocycles. The number of carbonyl (C=O) groups excluding carboxylic acids is 1. The number of nitrogens with zero attached hydrogens (tertiary/aromatic N) is 3. The first kappa shape index (κ1) is 14.4. The molecular formula is C13H22N4OS. The van der Waals surface area contributed by atoms with E-state index < -0.39 is 0 Å². The highest BCUT2D eigenvalue weighted by atomic mass is 32.1. The number of aromatic nitrogens is 2. The third-order valence-electron chi connectivity index (χ3n) is 3.59. The number of carbonyl (C=O) groups is 1. The molecule has 6 heteroatoms. The molecule has 0 unspecified atom stereocenters. The van der Waals surface area contributed by atoms with Crippen LogP contribution in [0, 0.1) is 0 Å². The lowest BCUT2D eigenvalue weighted by Crippen LogP contribution is -2.46. The topological polar surface area (TPSA) is 58.1 Å². The van der Waals surface area contributed by atoms with E-state index in [1.165, 1.54) is 11.5 Å². The van der Waals surface area contributed by atoms with Crippen molar-refractivity contribution in [2.75, 3.05) is 19.6 Å². The Kier molecular flexibility index (Phi) is 5.27. The number of nitrogens with one attached hydrogen (secondary N) is 1. The third-order valence-corrected chi connectivity index (χ3v) is 4.34. The largest absolute Gasteiger partial charge is 0.335 e. The third kappa shape index (κ3) is 3.30. The molecular weight excluding hydrogens is 260 g/mol. The van der Waals surface area contributed by atoms with E-state index in [1.807, 2.05) is 11.8 Å². The van der Waals surface area contributed by atoms with Crippen molar-refractivity contribution in [1.29, 1.82) is 0 Å². The zero-order chi connectivity index (χ0) is 13.7. The van der Waals surface area contributed by atoms with Gasteiger partial charge in [-0.1, -0.05) is 17.8 Å². The van der Waals surface area contributed by atoms with Crippen LogP contribution in [0.5, 0.6) is 0 Å². The molecule has 1 saturated heterocycles. The van der Waals surface area contributed by atoms with Crippen LogP contribution >= 0.6 is 11.5 Å². The van der Waals surface area contributed by atoms with Gasteiger partial charge < -0.3 is 10.2 Å². The van der Waals surface area contributed by atoms with Crippen molar-refractivity contribution in [1.82, 2.24) is 19.8 Å². The summed E-state index contributed by atoms with van der Waals surface area (Å²) >= 11 is 1.24. The lowest BCUT2D eigenvalue weighted by atomic mass is 10.0. The van der Waals surface area contributed by atoms with Gasteiger partial charge in [-0.2, -0.15) is 0 Å².